The number of fused-ring (bicyclic) bond motifs is 1. The van der Waals surface area contributed by atoms with Crippen molar-refractivity contribution >= 4 is 39.8 Å². The second kappa shape index (κ2) is 5.38. The molecule has 7 heteroatoms. The quantitative estimate of drug-likeness (QED) is 0.751. The van der Waals surface area contributed by atoms with Gasteiger partial charge in [-0.3, -0.25) is 9.59 Å². The van der Waals surface area contributed by atoms with Crippen LogP contribution in [0.15, 0.2) is 36.7 Å². The average Bonchev–Trinajstić information content (AvgIpc) is 3.27. The Morgan fingerprint density at radius 3 is 3.08 bits per heavy atom. The number of anilines is 1. The maximum absolute atomic E-state index is 12.5. The van der Waals surface area contributed by atoms with Gasteiger partial charge in [-0.2, -0.15) is 0 Å². The molecule has 2 amide bonds. The lowest BCUT2D eigenvalue weighted by Crippen LogP contribution is -2.45. The molecule has 0 aromatic carbocycles. The van der Waals surface area contributed by atoms with Gasteiger partial charge in [0.15, 0.2) is 5.72 Å². The monoisotopic (exact) mass is 341 g/mol. The Labute approximate surface area is 142 Å². The molecule has 122 valence electrons. The smallest absolute Gasteiger partial charge is 0.264 e. The first kappa shape index (κ1) is 14.8. The summed E-state index contributed by atoms with van der Waals surface area (Å²) >= 11 is 1.26. The molecule has 0 saturated heterocycles. The minimum atomic E-state index is -0.711. The van der Waals surface area contributed by atoms with E-state index >= 15 is 0 Å². The molecule has 2 aromatic rings. The van der Waals surface area contributed by atoms with Gasteiger partial charge in [0.25, 0.3) is 11.8 Å². The van der Waals surface area contributed by atoms with Gasteiger partial charge in [0.05, 0.1) is 16.7 Å². The van der Waals surface area contributed by atoms with E-state index in [9.17, 15) is 9.59 Å². The second-order valence-corrected chi connectivity index (χ2v) is 6.92. The molecule has 0 aliphatic carbocycles. The van der Waals surface area contributed by atoms with Gasteiger partial charge in [0, 0.05) is 23.9 Å². The zero-order chi connectivity index (χ0) is 16.7. The summed E-state index contributed by atoms with van der Waals surface area (Å²) in [5.74, 6) is -0.373. The number of carbonyl (C=O) groups is 2. The van der Waals surface area contributed by atoms with Crippen LogP contribution in [-0.2, 0) is 9.53 Å². The van der Waals surface area contributed by atoms with Crippen LogP contribution in [0.1, 0.15) is 34.3 Å². The number of H-pyrrole nitrogens is 1. The molecule has 1 atom stereocenters. The summed E-state index contributed by atoms with van der Waals surface area (Å²) in [6.45, 7) is 1.82. The second-order valence-electron chi connectivity index (χ2n) is 5.87. The summed E-state index contributed by atoms with van der Waals surface area (Å²) in [5.41, 5.74) is 1.42. The van der Waals surface area contributed by atoms with Gasteiger partial charge in [0.1, 0.15) is 5.00 Å². The summed E-state index contributed by atoms with van der Waals surface area (Å²) in [4.78, 5) is 28.2. The van der Waals surface area contributed by atoms with Crippen LogP contribution in [0.2, 0.25) is 0 Å². The molecule has 0 bridgehead atoms. The number of amides is 2. The molecule has 4 rings (SSSR count). The van der Waals surface area contributed by atoms with E-state index in [0.29, 0.717) is 21.9 Å². The van der Waals surface area contributed by atoms with Gasteiger partial charge in [-0.15, -0.1) is 11.3 Å². The van der Waals surface area contributed by atoms with Gasteiger partial charge >= 0.3 is 0 Å². The van der Waals surface area contributed by atoms with Crippen LogP contribution in [0.3, 0.4) is 0 Å². The standard InChI is InChI=1S/C17H15N3O3S/c1-17(5-3-7-23-17)20-15(22)13-9-12-11(8-10-4-2-6-18-10)14(21)19-16(12)24-13/h2-4,6-9,18H,5H2,1H3,(H,19,21)(H,20,22). The van der Waals surface area contributed by atoms with E-state index in [1.165, 1.54) is 11.3 Å². The number of aromatic amines is 1. The fraction of sp³-hybridized carbons (Fsp3) is 0.176. The van der Waals surface area contributed by atoms with E-state index in [0.717, 1.165) is 11.3 Å². The molecule has 0 spiro atoms. The van der Waals surface area contributed by atoms with Crippen LogP contribution in [0.25, 0.3) is 11.6 Å². The Kier molecular flexibility index (Phi) is 3.31. The van der Waals surface area contributed by atoms with Gasteiger partial charge in [-0.25, -0.2) is 0 Å². The number of thiophene rings is 1. The number of rotatable bonds is 3. The highest BCUT2D eigenvalue weighted by Gasteiger charge is 2.32. The van der Waals surface area contributed by atoms with Crippen LogP contribution in [0, 0.1) is 0 Å². The van der Waals surface area contributed by atoms with Crippen LogP contribution in [-0.4, -0.2) is 22.5 Å². The SMILES string of the molecule is CC1(NC(=O)c2cc3c(s2)NC(=O)C3=Cc2ccc[nH]2)CC=CO1. The summed E-state index contributed by atoms with van der Waals surface area (Å²) < 4.78 is 5.43. The number of ether oxygens (including phenoxy) is 1. The Hall–Kier alpha value is -2.80. The topological polar surface area (TPSA) is 83.2 Å². The first-order valence-electron chi connectivity index (χ1n) is 7.50. The molecule has 2 aromatic heterocycles. The Morgan fingerprint density at radius 2 is 2.38 bits per heavy atom. The van der Waals surface area contributed by atoms with Crippen molar-refractivity contribution in [3.8, 4) is 0 Å². The molecular formula is C17H15N3O3S. The average molecular weight is 341 g/mol. The summed E-state index contributed by atoms with van der Waals surface area (Å²) in [6, 6.07) is 5.49. The lowest BCUT2D eigenvalue weighted by molar-refractivity contribution is -0.110. The molecule has 24 heavy (non-hydrogen) atoms. The first-order valence-corrected chi connectivity index (χ1v) is 8.32. The van der Waals surface area contributed by atoms with Gasteiger partial charge < -0.3 is 20.4 Å². The zero-order valence-corrected chi connectivity index (χ0v) is 13.7. The molecule has 0 fully saturated rings. The number of carbonyl (C=O) groups excluding carboxylic acids is 2. The minimum absolute atomic E-state index is 0.159. The summed E-state index contributed by atoms with van der Waals surface area (Å²) in [6.07, 6.45) is 7.65. The predicted molar refractivity (Wildman–Crippen MR) is 92.3 cm³/mol. The van der Waals surface area contributed by atoms with Gasteiger partial charge in [-0.05, 0) is 37.3 Å². The van der Waals surface area contributed by atoms with Crippen molar-refractivity contribution in [1.29, 1.82) is 0 Å². The number of hydrogen-bond acceptors (Lipinski definition) is 4. The number of nitrogens with one attached hydrogen (secondary N) is 3. The highest BCUT2D eigenvalue weighted by atomic mass is 32.1. The molecule has 0 radical (unpaired) electrons. The van der Waals surface area contributed by atoms with E-state index in [1.807, 2.05) is 25.1 Å². The van der Waals surface area contributed by atoms with Crippen molar-refractivity contribution in [1.82, 2.24) is 10.3 Å². The molecule has 4 heterocycles. The molecule has 2 aliphatic rings. The molecule has 6 nitrogen and oxygen atoms in total. The Balaban J connectivity index is 1.60. The number of hydrogen-bond donors (Lipinski definition) is 3. The van der Waals surface area contributed by atoms with E-state index < -0.39 is 5.72 Å². The van der Waals surface area contributed by atoms with Crippen LogP contribution >= 0.6 is 11.3 Å². The third-order valence-corrected chi connectivity index (χ3v) is 5.00. The lowest BCUT2D eigenvalue weighted by Gasteiger charge is -2.24. The van der Waals surface area contributed by atoms with E-state index in [4.69, 9.17) is 4.74 Å². The predicted octanol–water partition coefficient (Wildman–Crippen LogP) is 2.95. The maximum Gasteiger partial charge on any atom is 0.264 e. The highest BCUT2D eigenvalue weighted by molar-refractivity contribution is 7.18. The van der Waals surface area contributed by atoms with E-state index in [1.54, 1.807) is 24.6 Å². The third kappa shape index (κ3) is 2.52. The van der Waals surface area contributed by atoms with Crippen molar-refractivity contribution in [2.24, 2.45) is 0 Å². The van der Waals surface area contributed by atoms with Gasteiger partial charge in [0.2, 0.25) is 0 Å². The molecule has 2 aliphatic heterocycles. The molecule has 1 unspecified atom stereocenters. The summed E-state index contributed by atoms with van der Waals surface area (Å²) in [5, 5.41) is 6.39. The Morgan fingerprint density at radius 1 is 1.50 bits per heavy atom. The largest absolute Gasteiger partial charge is 0.476 e. The zero-order valence-electron chi connectivity index (χ0n) is 12.9. The van der Waals surface area contributed by atoms with Crippen molar-refractivity contribution in [3.63, 3.8) is 0 Å². The maximum atomic E-state index is 12.5. The van der Waals surface area contributed by atoms with Gasteiger partial charge in [-0.1, -0.05) is 0 Å². The van der Waals surface area contributed by atoms with Crippen molar-refractivity contribution in [2.75, 3.05) is 5.32 Å². The van der Waals surface area contributed by atoms with Crippen molar-refractivity contribution in [2.45, 2.75) is 19.1 Å². The Bertz CT molecular complexity index is 869. The first-order chi connectivity index (χ1) is 11.5. The third-order valence-electron chi connectivity index (χ3n) is 3.95. The fourth-order valence-corrected chi connectivity index (χ4v) is 3.69. The van der Waals surface area contributed by atoms with Crippen molar-refractivity contribution < 1.29 is 14.3 Å². The van der Waals surface area contributed by atoms with E-state index in [2.05, 4.69) is 15.6 Å². The molecular weight excluding hydrogens is 326 g/mol. The van der Waals surface area contributed by atoms with Crippen molar-refractivity contribution in [3.05, 3.63) is 52.9 Å². The summed E-state index contributed by atoms with van der Waals surface area (Å²) in [7, 11) is 0. The normalized spacial score (nSPS) is 23.2. The minimum Gasteiger partial charge on any atom is -0.476 e. The van der Waals surface area contributed by atoms with Crippen LogP contribution < -0.4 is 10.6 Å². The fourth-order valence-electron chi connectivity index (χ4n) is 2.72. The molecule has 0 saturated carbocycles. The van der Waals surface area contributed by atoms with Crippen LogP contribution in [0.4, 0.5) is 5.00 Å². The lowest BCUT2D eigenvalue weighted by atomic mass is 10.1. The van der Waals surface area contributed by atoms with Crippen LogP contribution in [0.5, 0.6) is 0 Å². The molecule has 3 N–H and O–H groups in total. The number of aromatic nitrogens is 1. The van der Waals surface area contributed by atoms with E-state index in [-0.39, 0.29) is 11.8 Å². The highest BCUT2D eigenvalue weighted by Crippen LogP contribution is 2.40.